The summed E-state index contributed by atoms with van der Waals surface area (Å²) >= 11 is 0. The largest absolute Gasteiger partial charge is 0.349 e. The van der Waals surface area contributed by atoms with Crippen LogP contribution in [-0.2, 0) is 11.3 Å². The smallest absolute Gasteiger partial charge is 0.242 e. The average Bonchev–Trinajstić information content (AvgIpc) is 2.84. The zero-order valence-electron chi connectivity index (χ0n) is 13.0. The van der Waals surface area contributed by atoms with Gasteiger partial charge >= 0.3 is 0 Å². The van der Waals surface area contributed by atoms with E-state index in [2.05, 4.69) is 15.5 Å². The first-order valence-corrected chi connectivity index (χ1v) is 6.99. The highest BCUT2D eigenvalue weighted by Gasteiger charge is 2.22. The summed E-state index contributed by atoms with van der Waals surface area (Å²) in [7, 11) is 3.81. The molecule has 0 unspecified atom stereocenters. The van der Waals surface area contributed by atoms with Crippen molar-refractivity contribution in [3.8, 4) is 0 Å². The van der Waals surface area contributed by atoms with Crippen molar-refractivity contribution in [1.29, 1.82) is 0 Å². The fraction of sp³-hybridized carbons (Fsp3) is 0.375. The van der Waals surface area contributed by atoms with E-state index in [1.165, 1.54) is 5.56 Å². The van der Waals surface area contributed by atoms with Crippen LogP contribution < -0.4 is 5.32 Å². The summed E-state index contributed by atoms with van der Waals surface area (Å²) in [5.41, 5.74) is 3.99. The highest BCUT2D eigenvalue weighted by molar-refractivity contribution is 5.83. The van der Waals surface area contributed by atoms with Crippen LogP contribution in [0.5, 0.6) is 0 Å². The molecule has 0 bridgehead atoms. The molecule has 0 aliphatic rings. The van der Waals surface area contributed by atoms with Crippen LogP contribution in [0.3, 0.4) is 0 Å². The van der Waals surface area contributed by atoms with Crippen molar-refractivity contribution in [3.63, 3.8) is 0 Å². The molecular formula is C16H22N4O. The molecule has 1 amide bonds. The third-order valence-corrected chi connectivity index (χ3v) is 3.36. The standard InChI is InChI=1S/C16H22N4O/c1-11-5-7-13(8-6-11)15(20(3)4)16(21)17-10-14-9-12(2)18-19-14/h5-9,15H,10H2,1-4H3,(H,17,21)(H,18,19)/t15-/m1/s1. The zero-order chi connectivity index (χ0) is 15.4. The highest BCUT2D eigenvalue weighted by atomic mass is 16.2. The van der Waals surface area contributed by atoms with Gasteiger partial charge in [0.15, 0.2) is 0 Å². The molecule has 0 aliphatic carbocycles. The Hall–Kier alpha value is -2.14. The van der Waals surface area contributed by atoms with Gasteiger partial charge < -0.3 is 5.32 Å². The lowest BCUT2D eigenvalue weighted by Gasteiger charge is -2.23. The molecule has 5 heteroatoms. The monoisotopic (exact) mass is 286 g/mol. The van der Waals surface area contributed by atoms with Crippen molar-refractivity contribution in [1.82, 2.24) is 20.4 Å². The number of hydrogen-bond acceptors (Lipinski definition) is 3. The zero-order valence-corrected chi connectivity index (χ0v) is 13.0. The van der Waals surface area contributed by atoms with Gasteiger partial charge in [-0.1, -0.05) is 29.8 Å². The molecule has 112 valence electrons. The second-order valence-electron chi connectivity index (χ2n) is 5.54. The van der Waals surface area contributed by atoms with Crippen LogP contribution in [0.2, 0.25) is 0 Å². The molecule has 0 spiro atoms. The summed E-state index contributed by atoms with van der Waals surface area (Å²) < 4.78 is 0. The van der Waals surface area contributed by atoms with Gasteiger partial charge in [0.25, 0.3) is 0 Å². The van der Waals surface area contributed by atoms with Gasteiger partial charge in [-0.25, -0.2) is 0 Å². The Morgan fingerprint density at radius 3 is 2.48 bits per heavy atom. The minimum absolute atomic E-state index is 0.0236. The van der Waals surface area contributed by atoms with Gasteiger partial charge in [0.1, 0.15) is 6.04 Å². The van der Waals surface area contributed by atoms with Crippen molar-refractivity contribution in [3.05, 3.63) is 52.8 Å². The quantitative estimate of drug-likeness (QED) is 0.883. The third-order valence-electron chi connectivity index (χ3n) is 3.36. The number of carbonyl (C=O) groups excluding carboxylic acids is 1. The lowest BCUT2D eigenvalue weighted by molar-refractivity contribution is -0.126. The number of aromatic nitrogens is 2. The lowest BCUT2D eigenvalue weighted by Crippen LogP contribution is -2.36. The number of rotatable bonds is 5. The maximum atomic E-state index is 12.5. The number of aryl methyl sites for hydroxylation is 2. The van der Waals surface area contributed by atoms with Gasteiger partial charge in [-0.05, 0) is 39.6 Å². The molecule has 2 aromatic rings. The molecule has 1 aromatic heterocycles. The fourth-order valence-corrected chi connectivity index (χ4v) is 2.27. The summed E-state index contributed by atoms with van der Waals surface area (Å²) in [5.74, 6) is -0.0236. The number of nitrogens with zero attached hydrogens (tertiary/aromatic N) is 2. The Morgan fingerprint density at radius 1 is 1.29 bits per heavy atom. The van der Waals surface area contributed by atoms with Crippen LogP contribution in [-0.4, -0.2) is 35.1 Å². The number of likely N-dealkylation sites (N-methyl/N-ethyl adjacent to an activating group) is 1. The van der Waals surface area contributed by atoms with Crippen LogP contribution >= 0.6 is 0 Å². The molecule has 5 nitrogen and oxygen atoms in total. The SMILES string of the molecule is Cc1ccc([C@H](C(=O)NCc2cc(C)[nH]n2)N(C)C)cc1. The first-order chi connectivity index (χ1) is 9.97. The molecule has 0 saturated heterocycles. The van der Waals surface area contributed by atoms with Gasteiger partial charge in [-0.2, -0.15) is 5.10 Å². The van der Waals surface area contributed by atoms with E-state index in [1.54, 1.807) is 0 Å². The molecule has 0 radical (unpaired) electrons. The Morgan fingerprint density at radius 2 is 1.95 bits per heavy atom. The van der Waals surface area contributed by atoms with Crippen molar-refractivity contribution < 1.29 is 4.79 Å². The van der Waals surface area contributed by atoms with E-state index in [0.29, 0.717) is 6.54 Å². The summed E-state index contributed by atoms with van der Waals surface area (Å²) in [6.07, 6.45) is 0. The minimum atomic E-state index is -0.300. The normalized spacial score (nSPS) is 12.4. The van der Waals surface area contributed by atoms with Gasteiger partial charge in [0.05, 0.1) is 12.2 Å². The van der Waals surface area contributed by atoms with Gasteiger partial charge in [-0.3, -0.25) is 14.8 Å². The number of aromatic amines is 1. The summed E-state index contributed by atoms with van der Waals surface area (Å²) in [4.78, 5) is 14.4. The van der Waals surface area contributed by atoms with Crippen molar-refractivity contribution >= 4 is 5.91 Å². The van der Waals surface area contributed by atoms with E-state index in [9.17, 15) is 4.79 Å². The van der Waals surface area contributed by atoms with Crippen LogP contribution in [0.15, 0.2) is 30.3 Å². The van der Waals surface area contributed by atoms with Gasteiger partial charge in [-0.15, -0.1) is 0 Å². The predicted octanol–water partition coefficient (Wildman–Crippen LogP) is 1.95. The summed E-state index contributed by atoms with van der Waals surface area (Å²) in [5, 5.41) is 9.94. The number of amides is 1. The highest BCUT2D eigenvalue weighted by Crippen LogP contribution is 2.19. The Bertz CT molecular complexity index is 601. The van der Waals surface area contributed by atoms with Gasteiger partial charge in [0.2, 0.25) is 5.91 Å². The molecule has 1 atom stereocenters. The van der Waals surface area contributed by atoms with Crippen molar-refractivity contribution in [2.24, 2.45) is 0 Å². The van der Waals surface area contributed by atoms with Crippen LogP contribution in [0.4, 0.5) is 0 Å². The van der Waals surface area contributed by atoms with Gasteiger partial charge in [0, 0.05) is 5.69 Å². The third kappa shape index (κ3) is 3.92. The van der Waals surface area contributed by atoms with E-state index in [4.69, 9.17) is 0 Å². The number of nitrogens with one attached hydrogen (secondary N) is 2. The van der Waals surface area contributed by atoms with E-state index in [1.807, 2.05) is 63.2 Å². The van der Waals surface area contributed by atoms with Crippen LogP contribution in [0.1, 0.15) is 28.6 Å². The second kappa shape index (κ2) is 6.54. The molecule has 21 heavy (non-hydrogen) atoms. The molecule has 1 aromatic carbocycles. The van der Waals surface area contributed by atoms with E-state index < -0.39 is 0 Å². The van der Waals surface area contributed by atoms with E-state index in [0.717, 1.165) is 17.0 Å². The summed E-state index contributed by atoms with van der Waals surface area (Å²) in [6.45, 7) is 4.40. The number of carbonyl (C=O) groups is 1. The molecule has 0 aliphatic heterocycles. The fourth-order valence-electron chi connectivity index (χ4n) is 2.27. The van der Waals surface area contributed by atoms with Crippen LogP contribution in [0.25, 0.3) is 0 Å². The first kappa shape index (κ1) is 15.3. The van der Waals surface area contributed by atoms with E-state index >= 15 is 0 Å². The lowest BCUT2D eigenvalue weighted by atomic mass is 10.0. The summed E-state index contributed by atoms with van der Waals surface area (Å²) in [6, 6.07) is 9.67. The number of hydrogen-bond donors (Lipinski definition) is 2. The molecule has 2 rings (SSSR count). The topological polar surface area (TPSA) is 61.0 Å². The molecular weight excluding hydrogens is 264 g/mol. The molecule has 0 saturated carbocycles. The second-order valence-corrected chi connectivity index (χ2v) is 5.54. The maximum absolute atomic E-state index is 12.5. The molecule has 0 fully saturated rings. The van der Waals surface area contributed by atoms with E-state index in [-0.39, 0.29) is 11.9 Å². The maximum Gasteiger partial charge on any atom is 0.242 e. The number of benzene rings is 1. The first-order valence-electron chi connectivity index (χ1n) is 6.99. The number of H-pyrrole nitrogens is 1. The van der Waals surface area contributed by atoms with Crippen LogP contribution in [0, 0.1) is 13.8 Å². The minimum Gasteiger partial charge on any atom is -0.349 e. The molecule has 2 N–H and O–H groups in total. The average molecular weight is 286 g/mol. The molecule has 1 heterocycles. The Balaban J connectivity index is 2.07. The Kier molecular flexibility index (Phi) is 4.75. The predicted molar refractivity (Wildman–Crippen MR) is 82.8 cm³/mol. The Labute approximate surface area is 125 Å². The van der Waals surface area contributed by atoms with Crippen molar-refractivity contribution in [2.45, 2.75) is 26.4 Å². The van der Waals surface area contributed by atoms with Crippen molar-refractivity contribution in [2.75, 3.05) is 14.1 Å².